The van der Waals surface area contributed by atoms with Crippen molar-refractivity contribution in [2.24, 2.45) is 0 Å². The van der Waals surface area contributed by atoms with Crippen LogP contribution in [-0.2, 0) is 4.79 Å². The fraction of sp³-hybridized carbons (Fsp3) is 0.250. The molecule has 1 aliphatic heterocycles. The van der Waals surface area contributed by atoms with E-state index in [4.69, 9.17) is 0 Å². The summed E-state index contributed by atoms with van der Waals surface area (Å²) in [5.41, 5.74) is 3.03. The van der Waals surface area contributed by atoms with Crippen LogP contribution in [0.4, 0.5) is 0 Å². The van der Waals surface area contributed by atoms with E-state index >= 15 is 0 Å². The first-order chi connectivity index (χ1) is 13.2. The summed E-state index contributed by atoms with van der Waals surface area (Å²) in [6, 6.07) is 9.77. The summed E-state index contributed by atoms with van der Waals surface area (Å²) in [5, 5.41) is 7.11. The third kappa shape index (κ3) is 3.62. The number of carbonyl (C=O) groups is 2. The van der Waals surface area contributed by atoms with E-state index < -0.39 is 0 Å². The third-order valence-electron chi connectivity index (χ3n) is 4.76. The fourth-order valence-corrected chi connectivity index (χ4v) is 3.30. The highest BCUT2D eigenvalue weighted by Gasteiger charge is 2.20. The van der Waals surface area contributed by atoms with Gasteiger partial charge in [0.1, 0.15) is 0 Å². The van der Waals surface area contributed by atoms with E-state index in [2.05, 4.69) is 15.4 Å². The Balaban J connectivity index is 1.47. The molecule has 27 heavy (non-hydrogen) atoms. The minimum Gasteiger partial charge on any atom is -0.366 e. The number of hydrogen-bond acceptors (Lipinski definition) is 3. The molecule has 0 radical (unpaired) electrons. The number of para-hydroxylation sites is 1. The standard InChI is InChI=1S/C20H21N5O2/c26-19(24-8-4-5-9-24)13-22-20(27)18-12-21-11-17(18)15-10-23-25(14-15)16-6-2-1-3-7-16/h1-3,6-7,10-12,14,21H,4-5,8-9,13H2,(H,22,27). The van der Waals surface area contributed by atoms with Crippen LogP contribution in [0.15, 0.2) is 55.1 Å². The normalized spacial score (nSPS) is 13.7. The molecule has 1 aromatic carbocycles. The first-order valence-electron chi connectivity index (χ1n) is 9.05. The average Bonchev–Trinajstić information content (AvgIpc) is 3.47. The van der Waals surface area contributed by atoms with Crippen LogP contribution >= 0.6 is 0 Å². The number of H-pyrrole nitrogens is 1. The smallest absolute Gasteiger partial charge is 0.253 e. The third-order valence-corrected chi connectivity index (χ3v) is 4.76. The lowest BCUT2D eigenvalue weighted by atomic mass is 10.1. The second-order valence-corrected chi connectivity index (χ2v) is 6.56. The van der Waals surface area contributed by atoms with E-state index in [1.807, 2.05) is 36.5 Å². The summed E-state index contributed by atoms with van der Waals surface area (Å²) in [7, 11) is 0. The molecule has 1 aliphatic rings. The number of amides is 2. The number of nitrogens with one attached hydrogen (secondary N) is 2. The van der Waals surface area contributed by atoms with Gasteiger partial charge in [-0.05, 0) is 25.0 Å². The molecule has 2 N–H and O–H groups in total. The quantitative estimate of drug-likeness (QED) is 0.729. The van der Waals surface area contributed by atoms with Crippen LogP contribution in [0.3, 0.4) is 0 Å². The van der Waals surface area contributed by atoms with Crippen LogP contribution in [0.5, 0.6) is 0 Å². The zero-order valence-corrected chi connectivity index (χ0v) is 14.9. The molecule has 7 nitrogen and oxygen atoms in total. The highest BCUT2D eigenvalue weighted by molar-refractivity contribution is 6.02. The maximum atomic E-state index is 12.6. The summed E-state index contributed by atoms with van der Waals surface area (Å²) in [5.74, 6) is -0.305. The van der Waals surface area contributed by atoms with Gasteiger partial charge in [0.25, 0.3) is 5.91 Å². The molecule has 0 atom stereocenters. The molecule has 1 saturated heterocycles. The molecule has 3 aromatic rings. The first kappa shape index (κ1) is 17.1. The van der Waals surface area contributed by atoms with Crippen molar-refractivity contribution in [1.82, 2.24) is 25.0 Å². The van der Waals surface area contributed by atoms with Gasteiger partial charge in [0.2, 0.25) is 5.91 Å². The Morgan fingerprint density at radius 3 is 2.67 bits per heavy atom. The number of aromatic nitrogens is 3. The molecule has 0 aliphatic carbocycles. The summed E-state index contributed by atoms with van der Waals surface area (Å²) in [4.78, 5) is 29.5. The average molecular weight is 363 g/mol. The second-order valence-electron chi connectivity index (χ2n) is 6.56. The first-order valence-corrected chi connectivity index (χ1v) is 9.05. The lowest BCUT2D eigenvalue weighted by Gasteiger charge is -2.15. The highest BCUT2D eigenvalue weighted by Crippen LogP contribution is 2.24. The lowest BCUT2D eigenvalue weighted by molar-refractivity contribution is -0.129. The number of aromatic amines is 1. The summed E-state index contributed by atoms with van der Waals surface area (Å²) in [6.07, 6.45) is 9.08. The monoisotopic (exact) mass is 363 g/mol. The van der Waals surface area contributed by atoms with Crippen molar-refractivity contribution in [1.29, 1.82) is 0 Å². The van der Waals surface area contributed by atoms with Gasteiger partial charge >= 0.3 is 0 Å². The Kier molecular flexibility index (Phi) is 4.74. The van der Waals surface area contributed by atoms with Crippen LogP contribution < -0.4 is 5.32 Å². The molecular formula is C20H21N5O2. The fourth-order valence-electron chi connectivity index (χ4n) is 3.30. The van der Waals surface area contributed by atoms with E-state index in [0.29, 0.717) is 5.56 Å². The van der Waals surface area contributed by atoms with Crippen LogP contribution in [0.1, 0.15) is 23.2 Å². The number of benzene rings is 1. The number of nitrogens with zero attached hydrogens (tertiary/aromatic N) is 3. The van der Waals surface area contributed by atoms with Crippen molar-refractivity contribution in [3.05, 3.63) is 60.7 Å². The minimum absolute atomic E-state index is 0.0206. The van der Waals surface area contributed by atoms with Gasteiger partial charge < -0.3 is 15.2 Å². The SMILES string of the molecule is O=C(NCC(=O)N1CCCC1)c1c[nH]cc1-c1cnn(-c2ccccc2)c1. The van der Waals surface area contributed by atoms with Crippen LogP contribution in [0.25, 0.3) is 16.8 Å². The topological polar surface area (TPSA) is 83.0 Å². The van der Waals surface area contributed by atoms with Crippen molar-refractivity contribution in [2.45, 2.75) is 12.8 Å². The molecule has 3 heterocycles. The van der Waals surface area contributed by atoms with Gasteiger partial charge in [0.05, 0.1) is 24.0 Å². The van der Waals surface area contributed by atoms with Crippen molar-refractivity contribution in [3.8, 4) is 16.8 Å². The predicted molar refractivity (Wildman–Crippen MR) is 101 cm³/mol. The minimum atomic E-state index is -0.272. The molecule has 0 bridgehead atoms. The Bertz CT molecular complexity index is 938. The molecule has 4 rings (SSSR count). The highest BCUT2D eigenvalue weighted by atomic mass is 16.2. The van der Waals surface area contributed by atoms with Crippen molar-refractivity contribution in [2.75, 3.05) is 19.6 Å². The Hall–Kier alpha value is -3.35. The molecule has 0 unspecified atom stereocenters. The number of hydrogen-bond donors (Lipinski definition) is 2. The second kappa shape index (κ2) is 7.49. The van der Waals surface area contributed by atoms with E-state index in [0.717, 1.165) is 42.7 Å². The summed E-state index contributed by atoms with van der Waals surface area (Å²) >= 11 is 0. The van der Waals surface area contributed by atoms with Crippen LogP contribution in [-0.4, -0.2) is 51.1 Å². The molecule has 138 valence electrons. The molecular weight excluding hydrogens is 342 g/mol. The molecule has 7 heteroatoms. The van der Waals surface area contributed by atoms with Gasteiger partial charge in [-0.2, -0.15) is 5.10 Å². The van der Waals surface area contributed by atoms with E-state index in [-0.39, 0.29) is 18.4 Å². The predicted octanol–water partition coefficient (Wildman–Crippen LogP) is 2.22. The summed E-state index contributed by atoms with van der Waals surface area (Å²) in [6.45, 7) is 1.58. The maximum absolute atomic E-state index is 12.6. The van der Waals surface area contributed by atoms with Gasteiger partial charge in [-0.25, -0.2) is 4.68 Å². The van der Waals surface area contributed by atoms with Gasteiger partial charge in [0, 0.05) is 42.8 Å². The zero-order chi connectivity index (χ0) is 18.6. The van der Waals surface area contributed by atoms with Gasteiger partial charge in [-0.15, -0.1) is 0 Å². The van der Waals surface area contributed by atoms with Crippen LogP contribution in [0, 0.1) is 0 Å². The van der Waals surface area contributed by atoms with E-state index in [9.17, 15) is 9.59 Å². The Morgan fingerprint density at radius 2 is 1.89 bits per heavy atom. The maximum Gasteiger partial charge on any atom is 0.253 e. The zero-order valence-electron chi connectivity index (χ0n) is 14.9. The van der Waals surface area contributed by atoms with Crippen molar-refractivity contribution >= 4 is 11.8 Å². The van der Waals surface area contributed by atoms with Crippen molar-refractivity contribution in [3.63, 3.8) is 0 Å². The Morgan fingerprint density at radius 1 is 1.11 bits per heavy atom. The molecule has 1 fully saturated rings. The van der Waals surface area contributed by atoms with Crippen LogP contribution in [0.2, 0.25) is 0 Å². The molecule has 2 amide bonds. The van der Waals surface area contributed by atoms with E-state index in [1.165, 1.54) is 0 Å². The number of rotatable bonds is 5. The van der Waals surface area contributed by atoms with Gasteiger partial charge in [-0.3, -0.25) is 9.59 Å². The Labute approximate surface area is 157 Å². The molecule has 2 aromatic heterocycles. The van der Waals surface area contributed by atoms with Crippen molar-refractivity contribution < 1.29 is 9.59 Å². The van der Waals surface area contributed by atoms with Gasteiger partial charge in [0.15, 0.2) is 0 Å². The number of likely N-dealkylation sites (tertiary alicyclic amines) is 1. The van der Waals surface area contributed by atoms with Gasteiger partial charge in [-0.1, -0.05) is 18.2 Å². The van der Waals surface area contributed by atoms with E-state index in [1.54, 1.807) is 28.2 Å². The number of carbonyl (C=O) groups excluding carboxylic acids is 2. The lowest BCUT2D eigenvalue weighted by Crippen LogP contribution is -2.38. The molecule has 0 spiro atoms. The summed E-state index contributed by atoms with van der Waals surface area (Å²) < 4.78 is 1.76. The molecule has 0 saturated carbocycles. The largest absolute Gasteiger partial charge is 0.366 e.